The Kier molecular flexibility index (Phi) is 5.33. The maximum atomic E-state index is 12.3. The lowest BCUT2D eigenvalue weighted by Gasteiger charge is -2.34. The number of rotatable bonds is 4. The molecule has 0 aromatic heterocycles. The van der Waals surface area contributed by atoms with Crippen LogP contribution >= 0.6 is 0 Å². The molecule has 0 aliphatic carbocycles. The number of hydrogen-bond donors (Lipinski definition) is 1. The molecule has 1 aromatic rings. The lowest BCUT2D eigenvalue weighted by molar-refractivity contribution is -0.138. The van der Waals surface area contributed by atoms with Crippen LogP contribution in [-0.4, -0.2) is 61.4 Å². The third-order valence-corrected chi connectivity index (χ3v) is 3.79. The van der Waals surface area contributed by atoms with Crippen molar-refractivity contribution in [1.82, 2.24) is 15.1 Å². The summed E-state index contributed by atoms with van der Waals surface area (Å²) in [6.07, 6.45) is 0.435. The Labute approximate surface area is 125 Å². The van der Waals surface area contributed by atoms with Crippen molar-refractivity contribution in [2.24, 2.45) is 0 Å². The standard InChI is InChI=1S/C16H23N3O2/c1-13-3-5-14(6-4-13)11-15(20)18-7-9-19(10-8-18)16(21)12-17-2/h3-6,17H,7-12H2,1-2H3. The zero-order valence-corrected chi connectivity index (χ0v) is 12.8. The van der Waals surface area contributed by atoms with E-state index in [0.29, 0.717) is 39.1 Å². The minimum Gasteiger partial charge on any atom is -0.339 e. The van der Waals surface area contributed by atoms with Crippen LogP contribution in [0.25, 0.3) is 0 Å². The summed E-state index contributed by atoms with van der Waals surface area (Å²) in [4.78, 5) is 27.7. The van der Waals surface area contributed by atoms with E-state index in [0.717, 1.165) is 5.56 Å². The zero-order chi connectivity index (χ0) is 15.2. The van der Waals surface area contributed by atoms with Crippen molar-refractivity contribution in [1.29, 1.82) is 0 Å². The number of aryl methyl sites for hydroxylation is 1. The van der Waals surface area contributed by atoms with E-state index in [1.165, 1.54) is 5.56 Å². The fourth-order valence-corrected chi connectivity index (χ4v) is 2.46. The molecule has 1 N–H and O–H groups in total. The lowest BCUT2D eigenvalue weighted by Crippen LogP contribution is -2.52. The Hall–Kier alpha value is -1.88. The average molecular weight is 289 g/mol. The normalized spacial score (nSPS) is 15.1. The van der Waals surface area contributed by atoms with E-state index in [4.69, 9.17) is 0 Å². The van der Waals surface area contributed by atoms with Gasteiger partial charge in [-0.05, 0) is 19.5 Å². The fraction of sp³-hybridized carbons (Fsp3) is 0.500. The Morgan fingerprint density at radius 3 is 2.05 bits per heavy atom. The summed E-state index contributed by atoms with van der Waals surface area (Å²) in [6.45, 7) is 4.89. The molecule has 1 aromatic carbocycles. The van der Waals surface area contributed by atoms with Gasteiger partial charge in [0.1, 0.15) is 0 Å². The molecule has 0 spiro atoms. The molecule has 0 radical (unpaired) electrons. The molecule has 2 rings (SSSR count). The number of likely N-dealkylation sites (N-methyl/N-ethyl adjacent to an activating group) is 1. The topological polar surface area (TPSA) is 52.7 Å². The molecule has 1 saturated heterocycles. The SMILES string of the molecule is CNCC(=O)N1CCN(C(=O)Cc2ccc(C)cc2)CC1. The van der Waals surface area contributed by atoms with Gasteiger partial charge in [-0.3, -0.25) is 9.59 Å². The molecule has 1 aliphatic heterocycles. The van der Waals surface area contributed by atoms with Crippen molar-refractivity contribution in [3.8, 4) is 0 Å². The monoisotopic (exact) mass is 289 g/mol. The van der Waals surface area contributed by atoms with Gasteiger partial charge in [-0.1, -0.05) is 29.8 Å². The van der Waals surface area contributed by atoms with Crippen molar-refractivity contribution in [3.05, 3.63) is 35.4 Å². The van der Waals surface area contributed by atoms with Gasteiger partial charge in [0.25, 0.3) is 0 Å². The second-order valence-corrected chi connectivity index (χ2v) is 5.45. The summed E-state index contributed by atoms with van der Waals surface area (Å²) >= 11 is 0. The Bertz CT molecular complexity index is 491. The number of carbonyl (C=O) groups excluding carboxylic acids is 2. The van der Waals surface area contributed by atoms with Crippen LogP contribution in [0.15, 0.2) is 24.3 Å². The van der Waals surface area contributed by atoms with Crippen molar-refractivity contribution in [2.75, 3.05) is 39.8 Å². The van der Waals surface area contributed by atoms with E-state index < -0.39 is 0 Å². The summed E-state index contributed by atoms with van der Waals surface area (Å²) in [5.74, 6) is 0.239. The van der Waals surface area contributed by atoms with Crippen molar-refractivity contribution in [2.45, 2.75) is 13.3 Å². The Morgan fingerprint density at radius 1 is 1.00 bits per heavy atom. The molecule has 1 heterocycles. The maximum Gasteiger partial charge on any atom is 0.236 e. The van der Waals surface area contributed by atoms with Crippen LogP contribution in [0, 0.1) is 6.92 Å². The van der Waals surface area contributed by atoms with Crippen LogP contribution in [0.2, 0.25) is 0 Å². The predicted octanol–water partition coefficient (Wildman–Crippen LogP) is 0.428. The van der Waals surface area contributed by atoms with Gasteiger partial charge >= 0.3 is 0 Å². The first kappa shape index (κ1) is 15.5. The Morgan fingerprint density at radius 2 is 1.52 bits per heavy atom. The summed E-state index contributed by atoms with van der Waals surface area (Å²) in [6, 6.07) is 8.05. The number of hydrogen-bond acceptors (Lipinski definition) is 3. The molecule has 0 atom stereocenters. The molecular formula is C16H23N3O2. The van der Waals surface area contributed by atoms with Gasteiger partial charge in [0, 0.05) is 26.2 Å². The molecule has 0 unspecified atom stereocenters. The first-order valence-electron chi connectivity index (χ1n) is 7.36. The molecular weight excluding hydrogens is 266 g/mol. The van der Waals surface area contributed by atoms with Crippen molar-refractivity contribution in [3.63, 3.8) is 0 Å². The molecule has 0 bridgehead atoms. The number of benzene rings is 1. The lowest BCUT2D eigenvalue weighted by atomic mass is 10.1. The van der Waals surface area contributed by atoms with Crippen LogP contribution in [0.3, 0.4) is 0 Å². The molecule has 21 heavy (non-hydrogen) atoms. The van der Waals surface area contributed by atoms with Crippen LogP contribution in [-0.2, 0) is 16.0 Å². The van der Waals surface area contributed by atoms with E-state index in [1.807, 2.05) is 41.0 Å². The summed E-state index contributed by atoms with van der Waals surface area (Å²) in [5.41, 5.74) is 2.24. The van der Waals surface area contributed by atoms with Crippen molar-refractivity contribution >= 4 is 11.8 Å². The molecule has 1 aliphatic rings. The quantitative estimate of drug-likeness (QED) is 0.874. The van der Waals surface area contributed by atoms with Crippen LogP contribution in [0.4, 0.5) is 0 Å². The van der Waals surface area contributed by atoms with Crippen LogP contribution in [0.5, 0.6) is 0 Å². The van der Waals surface area contributed by atoms with Crippen LogP contribution < -0.4 is 5.32 Å². The zero-order valence-electron chi connectivity index (χ0n) is 12.8. The second kappa shape index (κ2) is 7.22. The Balaban J connectivity index is 1.83. The van der Waals surface area contributed by atoms with Gasteiger partial charge in [0.15, 0.2) is 0 Å². The minimum absolute atomic E-state index is 0.100. The number of piperazine rings is 1. The minimum atomic E-state index is 0.100. The summed E-state index contributed by atoms with van der Waals surface area (Å²) in [7, 11) is 1.76. The van der Waals surface area contributed by atoms with E-state index in [2.05, 4.69) is 5.32 Å². The average Bonchev–Trinajstić information content (AvgIpc) is 2.50. The molecule has 1 fully saturated rings. The molecule has 2 amide bonds. The molecule has 114 valence electrons. The smallest absolute Gasteiger partial charge is 0.236 e. The third-order valence-electron chi connectivity index (χ3n) is 3.79. The first-order chi connectivity index (χ1) is 10.1. The van der Waals surface area contributed by atoms with Gasteiger partial charge in [0.2, 0.25) is 11.8 Å². The fourth-order valence-electron chi connectivity index (χ4n) is 2.46. The summed E-state index contributed by atoms with van der Waals surface area (Å²) < 4.78 is 0. The molecule has 0 saturated carbocycles. The van der Waals surface area contributed by atoms with Gasteiger partial charge in [-0.15, -0.1) is 0 Å². The highest BCUT2D eigenvalue weighted by Crippen LogP contribution is 2.08. The van der Waals surface area contributed by atoms with E-state index in [-0.39, 0.29) is 11.8 Å². The predicted molar refractivity (Wildman–Crippen MR) is 82.0 cm³/mol. The number of nitrogens with zero attached hydrogens (tertiary/aromatic N) is 2. The third kappa shape index (κ3) is 4.29. The summed E-state index contributed by atoms with van der Waals surface area (Å²) in [5, 5.41) is 2.86. The van der Waals surface area contributed by atoms with E-state index in [1.54, 1.807) is 7.05 Å². The highest BCUT2D eigenvalue weighted by molar-refractivity contribution is 5.80. The first-order valence-corrected chi connectivity index (χ1v) is 7.36. The van der Waals surface area contributed by atoms with Gasteiger partial charge in [-0.2, -0.15) is 0 Å². The van der Waals surface area contributed by atoms with Gasteiger partial charge in [0.05, 0.1) is 13.0 Å². The number of nitrogens with one attached hydrogen (secondary N) is 1. The maximum absolute atomic E-state index is 12.3. The highest BCUT2D eigenvalue weighted by Gasteiger charge is 2.23. The van der Waals surface area contributed by atoms with Gasteiger partial charge in [-0.25, -0.2) is 0 Å². The van der Waals surface area contributed by atoms with E-state index in [9.17, 15) is 9.59 Å². The number of carbonyl (C=O) groups is 2. The molecule has 5 nitrogen and oxygen atoms in total. The van der Waals surface area contributed by atoms with Crippen molar-refractivity contribution < 1.29 is 9.59 Å². The van der Waals surface area contributed by atoms with Gasteiger partial charge < -0.3 is 15.1 Å². The van der Waals surface area contributed by atoms with E-state index >= 15 is 0 Å². The number of amides is 2. The molecule has 5 heteroatoms. The second-order valence-electron chi connectivity index (χ2n) is 5.45. The van der Waals surface area contributed by atoms with Crippen LogP contribution in [0.1, 0.15) is 11.1 Å². The highest BCUT2D eigenvalue weighted by atomic mass is 16.2. The largest absolute Gasteiger partial charge is 0.339 e.